The highest BCUT2D eigenvalue weighted by molar-refractivity contribution is 7.47. The normalized spacial score (nSPS) is 14.9. The molecule has 0 heterocycles. The second-order valence-corrected chi connectivity index (χ2v) is 23.6. The highest BCUT2D eigenvalue weighted by Crippen LogP contribution is 2.45. The maximum atomic E-state index is 12.9. The highest BCUT2D eigenvalue weighted by Gasteiger charge is 2.30. The van der Waals surface area contributed by atoms with Gasteiger partial charge in [-0.2, -0.15) is 0 Å². The van der Waals surface area contributed by atoms with Gasteiger partial charge in [-0.25, -0.2) is 9.13 Å². The number of aliphatic hydroxyl groups is 1. The maximum Gasteiger partial charge on any atom is 0.472 e. The van der Waals surface area contributed by atoms with Crippen LogP contribution in [-0.4, -0.2) is 96.7 Å². The molecule has 0 aliphatic carbocycles. The van der Waals surface area contributed by atoms with Gasteiger partial charge in [0.05, 0.1) is 26.4 Å². The molecule has 0 radical (unpaired) electrons. The van der Waals surface area contributed by atoms with E-state index >= 15 is 0 Å². The van der Waals surface area contributed by atoms with Gasteiger partial charge in [0.1, 0.15) is 19.3 Å². The summed E-state index contributed by atoms with van der Waals surface area (Å²) >= 11 is 0. The Kier molecular flexibility index (Phi) is 46.9. The average Bonchev–Trinajstić information content (AvgIpc) is 3.36. The summed E-state index contributed by atoms with van der Waals surface area (Å²) in [7, 11) is -9.86. The number of hydrogen-bond donors (Lipinski definition) is 3. The van der Waals surface area contributed by atoms with Gasteiger partial charge in [0.15, 0.2) is 12.2 Å². The van der Waals surface area contributed by atoms with E-state index in [1.807, 2.05) is 0 Å². The Morgan fingerprint density at radius 3 is 1.03 bits per heavy atom. The minimum Gasteiger partial charge on any atom is -0.462 e. The zero-order chi connectivity index (χ0) is 55.1. The molecule has 0 aromatic heterocycles. The van der Waals surface area contributed by atoms with Crippen LogP contribution in [0.25, 0.3) is 0 Å². The molecule has 19 heteroatoms. The van der Waals surface area contributed by atoms with Crippen LogP contribution in [0.3, 0.4) is 0 Å². The Bertz CT molecular complexity index is 1480. The van der Waals surface area contributed by atoms with E-state index in [9.17, 15) is 43.2 Å². The number of unbranched alkanes of at least 4 members (excludes halogenated alkanes) is 23. The Morgan fingerprint density at radius 2 is 0.689 bits per heavy atom. The molecule has 0 rings (SSSR count). The second kappa shape index (κ2) is 48.2. The van der Waals surface area contributed by atoms with Gasteiger partial charge in [-0.1, -0.05) is 208 Å². The van der Waals surface area contributed by atoms with Gasteiger partial charge in [0, 0.05) is 25.7 Å². The van der Waals surface area contributed by atoms with Crippen molar-refractivity contribution in [3.63, 3.8) is 0 Å². The largest absolute Gasteiger partial charge is 0.472 e. The maximum absolute atomic E-state index is 12.9. The van der Waals surface area contributed by atoms with Gasteiger partial charge < -0.3 is 33.8 Å². The highest BCUT2D eigenvalue weighted by atomic mass is 31.2. The summed E-state index contributed by atoms with van der Waals surface area (Å²) in [5, 5.41) is 10.4. The molecule has 0 aliphatic heterocycles. The molecule has 3 N–H and O–H groups in total. The number of ether oxygens (including phenoxy) is 4. The van der Waals surface area contributed by atoms with Gasteiger partial charge in [-0.3, -0.25) is 37.3 Å². The van der Waals surface area contributed by atoms with Crippen LogP contribution in [0.5, 0.6) is 0 Å². The van der Waals surface area contributed by atoms with E-state index in [0.717, 1.165) is 127 Å². The smallest absolute Gasteiger partial charge is 0.462 e. The molecular weight excluding hydrogens is 995 g/mol. The Hall–Kier alpha value is -1.94. The first-order chi connectivity index (χ1) is 35.4. The topological polar surface area (TPSA) is 237 Å². The summed E-state index contributed by atoms with van der Waals surface area (Å²) in [4.78, 5) is 71.4. The quantitative estimate of drug-likeness (QED) is 0.0222. The SMILES string of the molecule is CCCCCCCCCC(=O)O[C@H](COC(=O)CCCCCCC)COP(=O)(O)OC[C@H](O)COP(=O)(O)OC[C@@H](COC(=O)CCCCCCCCC(C)CC)OC(=O)CCCCCCCCCCCC(C)C. The molecule has 0 aromatic carbocycles. The summed E-state index contributed by atoms with van der Waals surface area (Å²) in [5.74, 6) is -0.696. The minimum absolute atomic E-state index is 0.102. The monoisotopic (exact) mass is 1100 g/mol. The third-order valence-corrected chi connectivity index (χ3v) is 14.7. The molecule has 17 nitrogen and oxygen atoms in total. The van der Waals surface area contributed by atoms with Gasteiger partial charge in [0.25, 0.3) is 0 Å². The standard InChI is InChI=1S/C55H106O17P2/c1-7-10-12-14-18-27-33-39-54(59)71-50(43-65-52(57)37-31-23-13-11-8-2)45-69-73(61,62)67-41-49(56)42-68-74(63,64)70-46-51(44-66-53(58)38-32-26-22-21-25-30-36-48(6)9-3)72-55(60)40-34-28-20-17-15-16-19-24-29-35-47(4)5/h47-51,56H,7-46H2,1-6H3,(H,61,62)(H,63,64)/t48?,49-,50+,51+/m0/s1. The van der Waals surface area contributed by atoms with E-state index < -0.39 is 97.5 Å². The molecule has 438 valence electrons. The van der Waals surface area contributed by atoms with Gasteiger partial charge >= 0.3 is 39.5 Å². The lowest BCUT2D eigenvalue weighted by Crippen LogP contribution is -2.30. The number of rotatable bonds is 54. The molecule has 0 saturated carbocycles. The first kappa shape index (κ1) is 72.1. The lowest BCUT2D eigenvalue weighted by Gasteiger charge is -2.21. The fourth-order valence-electron chi connectivity index (χ4n) is 7.91. The Labute approximate surface area is 447 Å². The van der Waals surface area contributed by atoms with Gasteiger partial charge in [-0.05, 0) is 37.5 Å². The molecule has 0 bridgehead atoms. The van der Waals surface area contributed by atoms with E-state index in [0.29, 0.717) is 25.7 Å². The zero-order valence-electron chi connectivity index (χ0n) is 47.1. The number of carbonyl (C=O) groups excluding carboxylic acids is 4. The molecule has 0 fully saturated rings. The third kappa shape index (κ3) is 48.4. The molecule has 0 amide bonds. The summed E-state index contributed by atoms with van der Waals surface area (Å²) in [6.07, 6.45) is 27.1. The molecular formula is C55H106O17P2. The van der Waals surface area contributed by atoms with Crippen molar-refractivity contribution >= 4 is 39.5 Å². The Balaban J connectivity index is 5.19. The molecule has 6 atom stereocenters. The summed E-state index contributed by atoms with van der Waals surface area (Å²) in [5.41, 5.74) is 0. The molecule has 0 aliphatic rings. The first-order valence-corrected chi connectivity index (χ1v) is 32.0. The lowest BCUT2D eigenvalue weighted by molar-refractivity contribution is -0.161. The molecule has 0 saturated heterocycles. The van der Waals surface area contributed by atoms with Crippen LogP contribution in [0, 0.1) is 11.8 Å². The summed E-state index contributed by atoms with van der Waals surface area (Å²) < 4.78 is 67.3. The zero-order valence-corrected chi connectivity index (χ0v) is 48.9. The number of phosphoric ester groups is 2. The van der Waals surface area contributed by atoms with Crippen LogP contribution in [0.4, 0.5) is 0 Å². The van der Waals surface area contributed by atoms with Crippen molar-refractivity contribution in [1.82, 2.24) is 0 Å². The molecule has 0 spiro atoms. The van der Waals surface area contributed by atoms with Crippen LogP contribution < -0.4 is 0 Å². The van der Waals surface area contributed by atoms with E-state index in [1.165, 1.54) is 51.4 Å². The number of aliphatic hydroxyl groups excluding tert-OH is 1. The van der Waals surface area contributed by atoms with Crippen LogP contribution in [0.2, 0.25) is 0 Å². The molecule has 0 aromatic rings. The Morgan fingerprint density at radius 1 is 0.392 bits per heavy atom. The fraction of sp³-hybridized carbons (Fsp3) is 0.927. The third-order valence-electron chi connectivity index (χ3n) is 12.8. The number of carbonyl (C=O) groups is 4. The van der Waals surface area contributed by atoms with Crippen molar-refractivity contribution in [3.8, 4) is 0 Å². The van der Waals surface area contributed by atoms with E-state index in [1.54, 1.807) is 0 Å². The molecule has 3 unspecified atom stereocenters. The lowest BCUT2D eigenvalue weighted by atomic mass is 10.00. The predicted octanol–water partition coefficient (Wildman–Crippen LogP) is 14.1. The van der Waals surface area contributed by atoms with Crippen molar-refractivity contribution in [2.75, 3.05) is 39.6 Å². The predicted molar refractivity (Wildman–Crippen MR) is 289 cm³/mol. The minimum atomic E-state index is -4.93. The number of phosphoric acid groups is 2. The fourth-order valence-corrected chi connectivity index (χ4v) is 9.49. The summed E-state index contributed by atoms with van der Waals surface area (Å²) in [6, 6.07) is 0. The number of esters is 4. The number of hydrogen-bond acceptors (Lipinski definition) is 15. The van der Waals surface area contributed by atoms with Crippen molar-refractivity contribution < 1.29 is 80.2 Å². The first-order valence-electron chi connectivity index (χ1n) is 29.0. The molecule has 74 heavy (non-hydrogen) atoms. The average molecular weight is 1100 g/mol. The van der Waals surface area contributed by atoms with E-state index in [-0.39, 0.29) is 25.7 Å². The van der Waals surface area contributed by atoms with Gasteiger partial charge in [-0.15, -0.1) is 0 Å². The van der Waals surface area contributed by atoms with E-state index in [4.69, 9.17) is 37.0 Å². The summed E-state index contributed by atoms with van der Waals surface area (Å²) in [6.45, 7) is 9.22. The van der Waals surface area contributed by atoms with Crippen LogP contribution in [0.15, 0.2) is 0 Å². The van der Waals surface area contributed by atoms with Gasteiger partial charge in [0.2, 0.25) is 0 Å². The van der Waals surface area contributed by atoms with Crippen molar-refractivity contribution in [3.05, 3.63) is 0 Å². The second-order valence-electron chi connectivity index (χ2n) is 20.7. The van der Waals surface area contributed by atoms with Crippen LogP contribution in [-0.2, 0) is 65.4 Å². The van der Waals surface area contributed by atoms with Crippen LogP contribution >= 0.6 is 15.6 Å². The van der Waals surface area contributed by atoms with E-state index in [2.05, 4.69) is 41.5 Å². The van der Waals surface area contributed by atoms with Crippen molar-refractivity contribution in [2.24, 2.45) is 11.8 Å². The van der Waals surface area contributed by atoms with Crippen molar-refractivity contribution in [2.45, 2.75) is 278 Å². The van der Waals surface area contributed by atoms with Crippen LogP contribution in [0.1, 0.15) is 260 Å². The van der Waals surface area contributed by atoms with Crippen molar-refractivity contribution in [1.29, 1.82) is 0 Å².